The number of hydrogen-bond donors (Lipinski definition) is 2. The zero-order valence-corrected chi connectivity index (χ0v) is 10.2. The lowest BCUT2D eigenvalue weighted by atomic mass is 9.71. The van der Waals surface area contributed by atoms with Crippen molar-refractivity contribution < 1.29 is 5.11 Å². The molecule has 0 aliphatic heterocycles. The third-order valence-corrected chi connectivity index (χ3v) is 4.75. The monoisotopic (exact) mass is 231 g/mol. The third-order valence-electron chi connectivity index (χ3n) is 4.75. The Morgan fingerprint density at radius 3 is 2.12 bits per heavy atom. The molecule has 0 aromatic heterocycles. The Labute approximate surface area is 103 Å². The molecular formula is C15H21NO. The normalized spacial score (nSPS) is 33.6. The Bertz CT molecular complexity index is 382. The first-order valence-corrected chi connectivity index (χ1v) is 6.71. The minimum absolute atomic E-state index is 0.0434. The zero-order valence-electron chi connectivity index (χ0n) is 10.2. The van der Waals surface area contributed by atoms with Crippen molar-refractivity contribution >= 4 is 0 Å². The lowest BCUT2D eigenvalue weighted by Gasteiger charge is -2.40. The van der Waals surface area contributed by atoms with Gasteiger partial charge in [-0.2, -0.15) is 0 Å². The quantitative estimate of drug-likeness (QED) is 0.777. The van der Waals surface area contributed by atoms with Crippen LogP contribution in [0.2, 0.25) is 0 Å². The predicted molar refractivity (Wildman–Crippen MR) is 68.7 cm³/mol. The molecule has 2 nitrogen and oxygen atoms in total. The van der Waals surface area contributed by atoms with E-state index in [0.717, 1.165) is 38.5 Å². The molecule has 1 fully saturated rings. The van der Waals surface area contributed by atoms with Gasteiger partial charge >= 0.3 is 0 Å². The van der Waals surface area contributed by atoms with E-state index in [2.05, 4.69) is 24.3 Å². The Hall–Kier alpha value is -0.860. The average molecular weight is 231 g/mol. The second kappa shape index (κ2) is 4.11. The van der Waals surface area contributed by atoms with Crippen LogP contribution in [0.5, 0.6) is 0 Å². The number of rotatable bonds is 1. The molecular weight excluding hydrogens is 210 g/mol. The molecule has 0 radical (unpaired) electrons. The molecule has 0 atom stereocenters. The van der Waals surface area contributed by atoms with Crippen LogP contribution in [0.15, 0.2) is 24.3 Å². The van der Waals surface area contributed by atoms with Crippen LogP contribution in [0.25, 0.3) is 0 Å². The van der Waals surface area contributed by atoms with Gasteiger partial charge in [0.15, 0.2) is 0 Å². The summed E-state index contributed by atoms with van der Waals surface area (Å²) in [6.07, 6.45) is 5.85. The lowest BCUT2D eigenvalue weighted by Crippen LogP contribution is -2.51. The van der Waals surface area contributed by atoms with E-state index in [1.54, 1.807) is 0 Å². The molecule has 17 heavy (non-hydrogen) atoms. The SMILES string of the molecule is NC1(C2Cc3ccccc3C2)CCC(O)CC1. The number of aliphatic hydroxyl groups is 1. The van der Waals surface area contributed by atoms with E-state index in [-0.39, 0.29) is 11.6 Å². The highest BCUT2D eigenvalue weighted by molar-refractivity contribution is 5.33. The topological polar surface area (TPSA) is 46.2 Å². The van der Waals surface area contributed by atoms with E-state index in [9.17, 15) is 5.11 Å². The molecule has 2 heteroatoms. The largest absolute Gasteiger partial charge is 0.393 e. The van der Waals surface area contributed by atoms with Crippen molar-refractivity contribution in [3.63, 3.8) is 0 Å². The smallest absolute Gasteiger partial charge is 0.0541 e. The van der Waals surface area contributed by atoms with Crippen molar-refractivity contribution in [2.45, 2.75) is 50.2 Å². The first kappa shape index (κ1) is 11.2. The molecule has 3 N–H and O–H groups in total. The van der Waals surface area contributed by atoms with Crippen molar-refractivity contribution in [1.82, 2.24) is 0 Å². The van der Waals surface area contributed by atoms with Gasteiger partial charge in [-0.25, -0.2) is 0 Å². The van der Waals surface area contributed by atoms with Gasteiger partial charge in [-0.15, -0.1) is 0 Å². The fourth-order valence-corrected chi connectivity index (χ4v) is 3.51. The minimum Gasteiger partial charge on any atom is -0.393 e. The molecule has 1 aromatic rings. The zero-order chi connectivity index (χ0) is 11.9. The van der Waals surface area contributed by atoms with E-state index in [4.69, 9.17) is 5.73 Å². The van der Waals surface area contributed by atoms with Crippen LogP contribution in [0, 0.1) is 5.92 Å². The van der Waals surface area contributed by atoms with Gasteiger partial charge in [-0.1, -0.05) is 24.3 Å². The molecule has 0 spiro atoms. The first-order valence-electron chi connectivity index (χ1n) is 6.71. The summed E-state index contributed by atoms with van der Waals surface area (Å²) in [7, 11) is 0. The van der Waals surface area contributed by atoms with Crippen LogP contribution in [0.3, 0.4) is 0 Å². The summed E-state index contributed by atoms with van der Waals surface area (Å²) in [5.41, 5.74) is 9.51. The van der Waals surface area contributed by atoms with Gasteiger partial charge in [0.1, 0.15) is 0 Å². The Balaban J connectivity index is 1.76. The van der Waals surface area contributed by atoms with Gasteiger partial charge in [0.2, 0.25) is 0 Å². The van der Waals surface area contributed by atoms with Gasteiger partial charge in [0, 0.05) is 5.54 Å². The Kier molecular flexibility index (Phi) is 2.72. The fraction of sp³-hybridized carbons (Fsp3) is 0.600. The van der Waals surface area contributed by atoms with Crippen LogP contribution in [0.4, 0.5) is 0 Å². The van der Waals surface area contributed by atoms with E-state index >= 15 is 0 Å². The molecule has 3 rings (SSSR count). The van der Waals surface area contributed by atoms with Gasteiger partial charge in [0.05, 0.1) is 6.10 Å². The van der Waals surface area contributed by atoms with Crippen LogP contribution in [0.1, 0.15) is 36.8 Å². The van der Waals surface area contributed by atoms with Gasteiger partial charge < -0.3 is 10.8 Å². The van der Waals surface area contributed by atoms with Crippen molar-refractivity contribution in [3.8, 4) is 0 Å². The molecule has 0 saturated heterocycles. The molecule has 2 aliphatic carbocycles. The van der Waals surface area contributed by atoms with Crippen molar-refractivity contribution in [1.29, 1.82) is 0 Å². The first-order chi connectivity index (χ1) is 8.17. The van der Waals surface area contributed by atoms with Crippen LogP contribution in [-0.4, -0.2) is 16.7 Å². The average Bonchev–Trinajstić information content (AvgIpc) is 2.77. The van der Waals surface area contributed by atoms with E-state index in [1.165, 1.54) is 11.1 Å². The Morgan fingerprint density at radius 2 is 1.59 bits per heavy atom. The predicted octanol–water partition coefficient (Wildman–Crippen LogP) is 2.03. The molecule has 0 amide bonds. The summed E-state index contributed by atoms with van der Waals surface area (Å²) in [5, 5.41) is 9.60. The third kappa shape index (κ3) is 2.00. The molecule has 0 heterocycles. The highest BCUT2D eigenvalue weighted by Crippen LogP contribution is 2.40. The highest BCUT2D eigenvalue weighted by Gasteiger charge is 2.40. The van der Waals surface area contributed by atoms with Crippen LogP contribution >= 0.6 is 0 Å². The van der Waals surface area contributed by atoms with Crippen molar-refractivity contribution in [2.24, 2.45) is 11.7 Å². The summed E-state index contributed by atoms with van der Waals surface area (Å²) < 4.78 is 0. The number of aliphatic hydroxyl groups excluding tert-OH is 1. The summed E-state index contributed by atoms with van der Waals surface area (Å²) in [6, 6.07) is 8.71. The fourth-order valence-electron chi connectivity index (χ4n) is 3.51. The lowest BCUT2D eigenvalue weighted by molar-refractivity contribution is 0.0762. The van der Waals surface area contributed by atoms with Gasteiger partial charge in [-0.3, -0.25) is 0 Å². The van der Waals surface area contributed by atoms with Crippen molar-refractivity contribution in [3.05, 3.63) is 35.4 Å². The number of benzene rings is 1. The van der Waals surface area contributed by atoms with E-state index in [0.29, 0.717) is 5.92 Å². The minimum atomic E-state index is -0.115. The van der Waals surface area contributed by atoms with Gasteiger partial charge in [-0.05, 0) is 55.6 Å². The second-order valence-corrected chi connectivity index (χ2v) is 5.84. The molecule has 92 valence electrons. The second-order valence-electron chi connectivity index (χ2n) is 5.84. The van der Waals surface area contributed by atoms with E-state index < -0.39 is 0 Å². The summed E-state index contributed by atoms with van der Waals surface area (Å²) in [4.78, 5) is 0. The maximum Gasteiger partial charge on any atom is 0.0541 e. The number of fused-ring (bicyclic) bond motifs is 1. The van der Waals surface area contributed by atoms with Crippen LogP contribution < -0.4 is 5.73 Å². The summed E-state index contributed by atoms with van der Waals surface area (Å²) >= 11 is 0. The molecule has 1 aromatic carbocycles. The maximum absolute atomic E-state index is 9.60. The van der Waals surface area contributed by atoms with E-state index in [1.807, 2.05) is 0 Å². The highest BCUT2D eigenvalue weighted by atomic mass is 16.3. The molecule has 1 saturated carbocycles. The standard InChI is InChI=1S/C15H21NO/c16-15(7-5-14(17)6-8-15)13-9-11-3-1-2-4-12(11)10-13/h1-4,13-14,17H,5-10,16H2. The summed E-state index contributed by atoms with van der Waals surface area (Å²) in [6.45, 7) is 0. The Morgan fingerprint density at radius 1 is 1.06 bits per heavy atom. The maximum atomic E-state index is 9.60. The van der Waals surface area contributed by atoms with Gasteiger partial charge in [0.25, 0.3) is 0 Å². The number of hydrogen-bond acceptors (Lipinski definition) is 2. The molecule has 0 unspecified atom stereocenters. The number of nitrogens with two attached hydrogens (primary N) is 1. The van der Waals surface area contributed by atoms with Crippen LogP contribution in [-0.2, 0) is 12.8 Å². The molecule has 0 bridgehead atoms. The molecule has 2 aliphatic rings. The summed E-state index contributed by atoms with van der Waals surface area (Å²) in [5.74, 6) is 0.576. The van der Waals surface area contributed by atoms with Crippen molar-refractivity contribution in [2.75, 3.05) is 0 Å².